The Morgan fingerprint density at radius 3 is 2.86 bits per heavy atom. The van der Waals surface area contributed by atoms with Gasteiger partial charge in [-0.05, 0) is 29.3 Å². The fourth-order valence-corrected chi connectivity index (χ4v) is 3.85. The fourth-order valence-electron chi connectivity index (χ4n) is 3.85. The second kappa shape index (κ2) is 7.16. The van der Waals surface area contributed by atoms with Crippen LogP contribution in [0.5, 0.6) is 0 Å². The molecule has 0 radical (unpaired) electrons. The van der Waals surface area contributed by atoms with Gasteiger partial charge < -0.3 is 14.4 Å². The van der Waals surface area contributed by atoms with Crippen LogP contribution in [0.2, 0.25) is 0 Å². The zero-order valence-corrected chi connectivity index (χ0v) is 15.6. The van der Waals surface area contributed by atoms with E-state index in [0.717, 1.165) is 22.0 Å². The molecule has 0 bridgehead atoms. The number of para-hydroxylation sites is 1. The topological polar surface area (TPSA) is 75.0 Å². The van der Waals surface area contributed by atoms with Crippen LogP contribution in [0.1, 0.15) is 35.2 Å². The van der Waals surface area contributed by atoms with Crippen molar-refractivity contribution in [1.29, 1.82) is 0 Å². The Morgan fingerprint density at radius 2 is 2.00 bits per heavy atom. The van der Waals surface area contributed by atoms with Gasteiger partial charge in [-0.3, -0.25) is 4.79 Å². The highest BCUT2D eigenvalue weighted by atomic mass is 19.1. The lowest BCUT2D eigenvalue weighted by molar-refractivity contribution is -0.128. The summed E-state index contributed by atoms with van der Waals surface area (Å²) in [4.78, 5) is 21.9. The van der Waals surface area contributed by atoms with Crippen molar-refractivity contribution in [3.05, 3.63) is 83.4 Å². The van der Waals surface area contributed by atoms with Gasteiger partial charge in [0.15, 0.2) is 5.82 Å². The Morgan fingerprint density at radius 1 is 1.17 bits per heavy atom. The monoisotopic (exact) mass is 390 g/mol. The Balaban J connectivity index is 1.28. The number of amides is 1. The van der Waals surface area contributed by atoms with Gasteiger partial charge in [-0.1, -0.05) is 35.5 Å². The summed E-state index contributed by atoms with van der Waals surface area (Å²) in [6.45, 7) is 0.984. The Kier molecular flexibility index (Phi) is 4.35. The third-order valence-corrected chi connectivity index (χ3v) is 5.37. The minimum atomic E-state index is -0.283. The van der Waals surface area contributed by atoms with E-state index >= 15 is 0 Å². The number of benzene rings is 2. The van der Waals surface area contributed by atoms with Crippen LogP contribution >= 0.6 is 0 Å². The number of rotatable bonds is 5. The number of hydrogen-bond acceptors (Lipinski definition) is 4. The van der Waals surface area contributed by atoms with Gasteiger partial charge in [0.2, 0.25) is 11.8 Å². The highest BCUT2D eigenvalue weighted by molar-refractivity contribution is 5.83. The average Bonchev–Trinajstić information content (AvgIpc) is 3.44. The number of aromatic amines is 1. The van der Waals surface area contributed by atoms with Crippen LogP contribution in [0.3, 0.4) is 0 Å². The lowest BCUT2D eigenvalue weighted by Gasteiger charge is -2.16. The van der Waals surface area contributed by atoms with E-state index in [0.29, 0.717) is 37.6 Å². The molecular formula is C22H19FN4O2. The van der Waals surface area contributed by atoms with E-state index < -0.39 is 0 Å². The average molecular weight is 390 g/mol. The second-order valence-electron chi connectivity index (χ2n) is 7.38. The fraction of sp³-hybridized carbons (Fsp3) is 0.227. The van der Waals surface area contributed by atoms with E-state index in [-0.39, 0.29) is 17.6 Å². The van der Waals surface area contributed by atoms with E-state index in [1.165, 1.54) is 12.1 Å². The van der Waals surface area contributed by atoms with Crippen molar-refractivity contribution >= 4 is 16.8 Å². The largest absolute Gasteiger partial charge is 0.361 e. The summed E-state index contributed by atoms with van der Waals surface area (Å²) >= 11 is 0. The van der Waals surface area contributed by atoms with Crippen LogP contribution < -0.4 is 0 Å². The molecule has 0 spiro atoms. The number of carbonyl (C=O) groups excluding carboxylic acids is 1. The molecular weight excluding hydrogens is 371 g/mol. The number of nitrogens with zero attached hydrogens (tertiary/aromatic N) is 3. The zero-order chi connectivity index (χ0) is 19.8. The third-order valence-electron chi connectivity index (χ3n) is 5.37. The van der Waals surface area contributed by atoms with Gasteiger partial charge >= 0.3 is 0 Å². The van der Waals surface area contributed by atoms with Gasteiger partial charge in [-0.25, -0.2) is 4.39 Å². The number of H-pyrrole nitrogens is 1. The molecule has 4 aromatic rings. The molecule has 146 valence electrons. The summed E-state index contributed by atoms with van der Waals surface area (Å²) in [5.41, 5.74) is 3.06. The summed E-state index contributed by atoms with van der Waals surface area (Å²) in [5.74, 6) is 0.767. The van der Waals surface area contributed by atoms with Gasteiger partial charge in [0, 0.05) is 42.5 Å². The van der Waals surface area contributed by atoms with Crippen LogP contribution in [0.4, 0.5) is 4.39 Å². The molecule has 1 N–H and O–H groups in total. The summed E-state index contributed by atoms with van der Waals surface area (Å²) in [6.07, 6.45) is 2.85. The molecule has 7 heteroatoms. The van der Waals surface area contributed by atoms with E-state index in [9.17, 15) is 9.18 Å². The van der Waals surface area contributed by atoms with Crippen LogP contribution in [0, 0.1) is 5.82 Å². The van der Waals surface area contributed by atoms with Gasteiger partial charge in [0.1, 0.15) is 5.82 Å². The number of halogens is 1. The molecule has 1 fully saturated rings. The third kappa shape index (κ3) is 3.51. The van der Waals surface area contributed by atoms with Gasteiger partial charge in [-0.15, -0.1) is 0 Å². The van der Waals surface area contributed by atoms with Crippen molar-refractivity contribution in [3.63, 3.8) is 0 Å². The lowest BCUT2D eigenvalue weighted by Crippen LogP contribution is -2.24. The minimum absolute atomic E-state index is 0.0438. The molecule has 2 aromatic carbocycles. The first-order valence-electron chi connectivity index (χ1n) is 9.55. The number of hydrogen-bond donors (Lipinski definition) is 1. The first kappa shape index (κ1) is 17.6. The standard InChI is InChI=1S/C22H19FN4O2/c23-17-7-5-14(6-8-17)12-27-13-16(10-21(27)28)22-25-20(29-26-22)9-15-11-24-19-4-2-1-3-18(15)19/h1-8,11,16,24H,9-10,12-13H2. The number of nitrogens with one attached hydrogen (secondary N) is 1. The number of carbonyl (C=O) groups is 1. The van der Waals surface area contributed by atoms with Crippen molar-refractivity contribution in [2.45, 2.75) is 25.3 Å². The molecule has 1 saturated heterocycles. The summed E-state index contributed by atoms with van der Waals surface area (Å²) in [7, 11) is 0. The van der Waals surface area contributed by atoms with Crippen molar-refractivity contribution in [2.24, 2.45) is 0 Å². The maximum atomic E-state index is 13.1. The van der Waals surface area contributed by atoms with Crippen molar-refractivity contribution < 1.29 is 13.7 Å². The molecule has 0 saturated carbocycles. The van der Waals surface area contributed by atoms with Crippen LogP contribution in [0.15, 0.2) is 59.3 Å². The predicted octanol–water partition coefficient (Wildman–Crippen LogP) is 3.80. The molecule has 5 rings (SSSR count). The molecule has 0 aliphatic carbocycles. The smallest absolute Gasteiger partial charge is 0.231 e. The first-order valence-corrected chi connectivity index (χ1v) is 9.55. The Hall–Kier alpha value is -3.48. The zero-order valence-electron chi connectivity index (χ0n) is 15.6. The number of aromatic nitrogens is 3. The van der Waals surface area contributed by atoms with Gasteiger partial charge in [0.25, 0.3) is 0 Å². The first-order chi connectivity index (χ1) is 14.2. The summed E-state index contributed by atoms with van der Waals surface area (Å²) < 4.78 is 18.5. The maximum Gasteiger partial charge on any atom is 0.231 e. The second-order valence-corrected chi connectivity index (χ2v) is 7.38. The van der Waals surface area contributed by atoms with Crippen molar-refractivity contribution in [2.75, 3.05) is 6.54 Å². The minimum Gasteiger partial charge on any atom is -0.361 e. The SMILES string of the molecule is O=C1CC(c2noc(Cc3c[nH]c4ccccc34)n2)CN1Cc1ccc(F)cc1. The maximum absolute atomic E-state index is 13.1. The highest BCUT2D eigenvalue weighted by Gasteiger charge is 2.33. The molecule has 1 amide bonds. The lowest BCUT2D eigenvalue weighted by atomic mass is 10.1. The molecule has 2 aromatic heterocycles. The quantitative estimate of drug-likeness (QED) is 0.562. The predicted molar refractivity (Wildman–Crippen MR) is 105 cm³/mol. The van der Waals surface area contributed by atoms with E-state index in [1.54, 1.807) is 17.0 Å². The van der Waals surface area contributed by atoms with Crippen LogP contribution in [0.25, 0.3) is 10.9 Å². The van der Waals surface area contributed by atoms with Crippen LogP contribution in [-0.2, 0) is 17.8 Å². The normalized spacial score (nSPS) is 16.8. The highest BCUT2D eigenvalue weighted by Crippen LogP contribution is 2.28. The van der Waals surface area contributed by atoms with Crippen molar-refractivity contribution in [1.82, 2.24) is 20.0 Å². The van der Waals surface area contributed by atoms with E-state index in [4.69, 9.17) is 4.52 Å². The van der Waals surface area contributed by atoms with E-state index in [2.05, 4.69) is 21.2 Å². The molecule has 3 heterocycles. The Bertz CT molecular complexity index is 1170. The Labute approximate surface area is 166 Å². The molecule has 1 aliphatic rings. The van der Waals surface area contributed by atoms with Crippen molar-refractivity contribution in [3.8, 4) is 0 Å². The molecule has 1 unspecified atom stereocenters. The van der Waals surface area contributed by atoms with E-state index in [1.807, 2.05) is 24.4 Å². The number of fused-ring (bicyclic) bond motifs is 1. The summed E-state index contributed by atoms with van der Waals surface area (Å²) in [5, 5.41) is 5.25. The molecule has 6 nitrogen and oxygen atoms in total. The van der Waals surface area contributed by atoms with Crippen LogP contribution in [-0.4, -0.2) is 32.5 Å². The molecule has 1 aliphatic heterocycles. The van der Waals surface area contributed by atoms with Gasteiger partial charge in [-0.2, -0.15) is 4.98 Å². The summed E-state index contributed by atoms with van der Waals surface area (Å²) in [6, 6.07) is 14.3. The van der Waals surface area contributed by atoms with Gasteiger partial charge in [0.05, 0.1) is 6.42 Å². The molecule has 1 atom stereocenters. The molecule has 29 heavy (non-hydrogen) atoms. The number of likely N-dealkylation sites (tertiary alicyclic amines) is 1.